The maximum absolute atomic E-state index is 5.84. The summed E-state index contributed by atoms with van der Waals surface area (Å²) in [6, 6.07) is 25.2. The van der Waals surface area contributed by atoms with Crippen molar-refractivity contribution >= 4 is 11.4 Å². The number of hydrogen-bond acceptors (Lipinski definition) is 2. The van der Waals surface area contributed by atoms with E-state index in [-0.39, 0.29) is 0 Å². The van der Waals surface area contributed by atoms with Gasteiger partial charge in [0.25, 0.3) is 0 Å². The van der Waals surface area contributed by atoms with E-state index in [1.54, 1.807) is 0 Å². The van der Waals surface area contributed by atoms with Gasteiger partial charge in [-0.1, -0.05) is 61.9 Å². The number of anilines is 2. The first-order valence-corrected chi connectivity index (χ1v) is 8.57. The van der Waals surface area contributed by atoms with Gasteiger partial charge in [-0.15, -0.1) is 0 Å². The molecule has 3 N–H and O–H groups in total. The van der Waals surface area contributed by atoms with E-state index in [0.717, 1.165) is 12.2 Å². The maximum atomic E-state index is 5.84. The summed E-state index contributed by atoms with van der Waals surface area (Å²) in [4.78, 5) is 0. The summed E-state index contributed by atoms with van der Waals surface area (Å²) in [5.74, 6) is 0. The van der Waals surface area contributed by atoms with Gasteiger partial charge in [0.1, 0.15) is 0 Å². The number of nitrogens with two attached hydrogens (primary N) is 1. The molecule has 0 aliphatic rings. The van der Waals surface area contributed by atoms with Crippen molar-refractivity contribution in [2.24, 2.45) is 0 Å². The monoisotopic (exact) mass is 316 g/mol. The number of nitrogens with one attached hydrogen (secondary N) is 1. The fourth-order valence-electron chi connectivity index (χ4n) is 2.83. The van der Waals surface area contributed by atoms with Crippen LogP contribution in [0.4, 0.5) is 11.4 Å². The smallest absolute Gasteiger partial charge is 0.0346 e. The average Bonchev–Trinajstić information content (AvgIpc) is 2.63. The summed E-state index contributed by atoms with van der Waals surface area (Å²) in [6.45, 7) is 3.22. The molecular formula is C22H24N2. The second-order valence-electron chi connectivity index (χ2n) is 6.03. The Morgan fingerprint density at radius 1 is 0.792 bits per heavy atom. The minimum absolute atomic E-state index is 0.790. The Bertz CT molecular complexity index is 777. The van der Waals surface area contributed by atoms with E-state index in [4.69, 9.17) is 5.73 Å². The average molecular weight is 316 g/mol. The number of benzene rings is 3. The maximum Gasteiger partial charge on any atom is 0.0346 e. The predicted octanol–water partition coefficient (Wildman–Crippen LogP) is 5.81. The molecule has 3 aromatic carbocycles. The van der Waals surface area contributed by atoms with Gasteiger partial charge in [0, 0.05) is 17.9 Å². The van der Waals surface area contributed by atoms with Gasteiger partial charge in [-0.3, -0.25) is 0 Å². The van der Waals surface area contributed by atoms with Crippen molar-refractivity contribution in [2.75, 3.05) is 17.6 Å². The van der Waals surface area contributed by atoms with Gasteiger partial charge in [-0.25, -0.2) is 0 Å². The van der Waals surface area contributed by atoms with Gasteiger partial charge in [-0.05, 0) is 52.9 Å². The highest BCUT2D eigenvalue weighted by atomic mass is 14.9. The first kappa shape index (κ1) is 16.1. The summed E-state index contributed by atoms with van der Waals surface area (Å²) in [5, 5.41) is 3.52. The molecule has 0 fully saturated rings. The lowest BCUT2D eigenvalue weighted by Gasteiger charge is -2.14. The Balaban J connectivity index is 2.02. The summed E-state index contributed by atoms with van der Waals surface area (Å²) < 4.78 is 0. The summed E-state index contributed by atoms with van der Waals surface area (Å²) in [6.07, 6.45) is 2.38. The Kier molecular flexibility index (Phi) is 5.17. The minimum Gasteiger partial charge on any atom is -0.399 e. The van der Waals surface area contributed by atoms with Crippen LogP contribution in [0.2, 0.25) is 0 Å². The quantitative estimate of drug-likeness (QED) is 0.444. The molecular weight excluding hydrogens is 292 g/mol. The molecule has 24 heavy (non-hydrogen) atoms. The third-order valence-electron chi connectivity index (χ3n) is 4.19. The van der Waals surface area contributed by atoms with Crippen LogP contribution in [0.3, 0.4) is 0 Å². The zero-order chi connectivity index (χ0) is 16.8. The zero-order valence-electron chi connectivity index (χ0n) is 14.1. The lowest BCUT2D eigenvalue weighted by atomic mass is 9.94. The summed E-state index contributed by atoms with van der Waals surface area (Å²) >= 11 is 0. The normalized spacial score (nSPS) is 10.5. The second kappa shape index (κ2) is 7.69. The van der Waals surface area contributed by atoms with Gasteiger partial charge in [0.15, 0.2) is 0 Å². The molecule has 0 aliphatic carbocycles. The van der Waals surface area contributed by atoms with Crippen LogP contribution in [-0.2, 0) is 0 Å². The van der Waals surface area contributed by atoms with Gasteiger partial charge in [0.2, 0.25) is 0 Å². The van der Waals surface area contributed by atoms with Crippen LogP contribution in [0.1, 0.15) is 19.8 Å². The van der Waals surface area contributed by atoms with Crippen molar-refractivity contribution in [1.82, 2.24) is 0 Å². The molecule has 0 radical (unpaired) electrons. The molecule has 0 spiro atoms. The molecule has 0 atom stereocenters. The van der Waals surface area contributed by atoms with Gasteiger partial charge in [-0.2, -0.15) is 0 Å². The van der Waals surface area contributed by atoms with Crippen molar-refractivity contribution in [1.29, 1.82) is 0 Å². The third kappa shape index (κ3) is 3.77. The fourth-order valence-corrected chi connectivity index (χ4v) is 2.83. The van der Waals surface area contributed by atoms with E-state index >= 15 is 0 Å². The second-order valence-corrected chi connectivity index (χ2v) is 6.03. The van der Waals surface area contributed by atoms with Crippen molar-refractivity contribution in [2.45, 2.75) is 19.8 Å². The molecule has 3 rings (SSSR count). The van der Waals surface area contributed by atoms with E-state index in [9.17, 15) is 0 Å². The first-order valence-electron chi connectivity index (χ1n) is 8.57. The molecule has 2 nitrogen and oxygen atoms in total. The SMILES string of the molecule is CCCCNc1ccc(-c2ccc(N)cc2)c(-c2ccccc2)c1. The highest BCUT2D eigenvalue weighted by Gasteiger charge is 2.08. The van der Waals surface area contributed by atoms with Crippen molar-refractivity contribution in [3.8, 4) is 22.3 Å². The molecule has 0 bridgehead atoms. The predicted molar refractivity (Wildman–Crippen MR) is 105 cm³/mol. The lowest BCUT2D eigenvalue weighted by molar-refractivity contribution is 0.834. The Morgan fingerprint density at radius 3 is 2.21 bits per heavy atom. The largest absolute Gasteiger partial charge is 0.399 e. The molecule has 0 amide bonds. The summed E-state index contributed by atoms with van der Waals surface area (Å²) in [7, 11) is 0. The van der Waals surface area contributed by atoms with E-state index in [2.05, 4.69) is 72.9 Å². The van der Waals surface area contributed by atoms with Gasteiger partial charge < -0.3 is 11.1 Å². The molecule has 0 saturated heterocycles. The van der Waals surface area contributed by atoms with Crippen molar-refractivity contribution < 1.29 is 0 Å². The van der Waals surface area contributed by atoms with Crippen LogP contribution >= 0.6 is 0 Å². The third-order valence-corrected chi connectivity index (χ3v) is 4.19. The number of nitrogen functional groups attached to an aromatic ring is 1. The molecule has 0 unspecified atom stereocenters. The molecule has 0 aliphatic heterocycles. The van der Waals surface area contributed by atoms with Crippen LogP contribution in [0.25, 0.3) is 22.3 Å². The van der Waals surface area contributed by atoms with Crippen LogP contribution in [0.15, 0.2) is 72.8 Å². The van der Waals surface area contributed by atoms with Crippen molar-refractivity contribution in [3.05, 3.63) is 72.8 Å². The summed E-state index contributed by atoms with van der Waals surface area (Å²) in [5.41, 5.74) is 12.7. The Hall–Kier alpha value is -2.74. The topological polar surface area (TPSA) is 38.0 Å². The van der Waals surface area contributed by atoms with Gasteiger partial charge >= 0.3 is 0 Å². The van der Waals surface area contributed by atoms with E-state index in [0.29, 0.717) is 0 Å². The van der Waals surface area contributed by atoms with Crippen LogP contribution in [0, 0.1) is 0 Å². The Labute approximate surface area is 144 Å². The fraction of sp³-hybridized carbons (Fsp3) is 0.182. The first-order chi connectivity index (χ1) is 11.8. The van der Waals surface area contributed by atoms with Crippen LogP contribution in [0.5, 0.6) is 0 Å². The number of rotatable bonds is 6. The lowest BCUT2D eigenvalue weighted by Crippen LogP contribution is -2.01. The number of unbranched alkanes of at least 4 members (excludes halogenated alkanes) is 1. The molecule has 0 aromatic heterocycles. The van der Waals surface area contributed by atoms with Gasteiger partial charge in [0.05, 0.1) is 0 Å². The number of hydrogen-bond donors (Lipinski definition) is 2. The molecule has 0 saturated carbocycles. The van der Waals surface area contributed by atoms with E-state index < -0.39 is 0 Å². The molecule has 3 aromatic rings. The van der Waals surface area contributed by atoms with Crippen molar-refractivity contribution in [3.63, 3.8) is 0 Å². The minimum atomic E-state index is 0.790. The molecule has 122 valence electrons. The molecule has 0 heterocycles. The highest BCUT2D eigenvalue weighted by molar-refractivity contribution is 5.86. The van der Waals surface area contributed by atoms with Crippen LogP contribution < -0.4 is 11.1 Å². The zero-order valence-corrected chi connectivity index (χ0v) is 14.1. The Morgan fingerprint density at radius 2 is 1.50 bits per heavy atom. The van der Waals surface area contributed by atoms with E-state index in [1.165, 1.54) is 40.8 Å². The highest BCUT2D eigenvalue weighted by Crippen LogP contribution is 2.34. The molecule has 2 heteroatoms. The van der Waals surface area contributed by atoms with E-state index in [1.807, 2.05) is 12.1 Å². The standard InChI is InChI=1S/C22H24N2/c1-2-3-15-24-20-13-14-21(18-9-11-19(23)12-10-18)22(16-20)17-7-5-4-6-8-17/h4-14,16,24H,2-3,15,23H2,1H3. The van der Waals surface area contributed by atoms with Crippen LogP contribution in [-0.4, -0.2) is 6.54 Å².